The first kappa shape index (κ1) is 71.5. The number of fused-ring (bicyclic) bond motifs is 16. The second-order valence-electron chi connectivity index (χ2n) is 29.5. The van der Waals surface area contributed by atoms with E-state index < -0.39 is 85.8 Å². The minimum Gasteiger partial charge on any atom is -0.457 e. The van der Waals surface area contributed by atoms with Crippen LogP contribution in [0.3, 0.4) is 0 Å². The molecule has 4 aliphatic carbocycles. The molecule has 2 atom stereocenters. The van der Waals surface area contributed by atoms with Crippen molar-refractivity contribution in [1.82, 2.24) is 0 Å². The molecule has 0 fully saturated rings. The average Bonchev–Trinajstić information content (AvgIpc) is 1.50. The van der Waals surface area contributed by atoms with Crippen molar-refractivity contribution in [2.75, 3.05) is 9.80 Å². The molecule has 0 amide bonds. The molecule has 117 heavy (non-hydrogen) atoms. The number of anilines is 6. The lowest BCUT2D eigenvalue weighted by Crippen LogP contribution is -2.29. The van der Waals surface area contributed by atoms with Gasteiger partial charge in [-0.05, 0) is 244 Å². The van der Waals surface area contributed by atoms with E-state index in [1.807, 2.05) is 206 Å². The predicted octanol–water partition coefficient (Wildman–Crippen LogP) is 28.0. The Bertz CT molecular complexity index is 6400. The Kier molecular flexibility index (Phi) is 16.7. The number of nitrogens with zero attached hydrogens (tertiary/aromatic N) is 2. The zero-order valence-corrected chi connectivity index (χ0v) is 61.7. The van der Waals surface area contributed by atoms with Crippen LogP contribution in [-0.4, -0.2) is 0 Å². The highest BCUT2D eigenvalue weighted by Crippen LogP contribution is 2.66. The molecular formula is C103H60F10N2O2. The molecule has 1 spiro atoms. The molecule has 2 unspecified atom stereocenters. The molecule has 0 heterocycles. The summed E-state index contributed by atoms with van der Waals surface area (Å²) in [5.74, 6) is -12.9. The van der Waals surface area contributed by atoms with Crippen molar-refractivity contribution in [3.8, 4) is 67.5 Å². The van der Waals surface area contributed by atoms with Crippen molar-refractivity contribution in [2.45, 2.75) is 16.2 Å². The zero-order valence-electron chi connectivity index (χ0n) is 61.7. The van der Waals surface area contributed by atoms with Crippen LogP contribution >= 0.6 is 0 Å². The third-order valence-corrected chi connectivity index (χ3v) is 23.6. The first-order valence-electron chi connectivity index (χ1n) is 37.8. The van der Waals surface area contributed by atoms with E-state index in [1.165, 1.54) is 34.1 Å². The number of hydrogen-bond donors (Lipinski definition) is 0. The maximum Gasteiger partial charge on any atom is 0.196 e. The van der Waals surface area contributed by atoms with Gasteiger partial charge in [-0.3, -0.25) is 0 Å². The van der Waals surface area contributed by atoms with Crippen molar-refractivity contribution in [1.29, 1.82) is 0 Å². The molecule has 564 valence electrons. The van der Waals surface area contributed by atoms with E-state index in [1.54, 1.807) is 97.1 Å². The Morgan fingerprint density at radius 2 is 0.479 bits per heavy atom. The third kappa shape index (κ3) is 10.8. The van der Waals surface area contributed by atoms with E-state index >= 15 is 43.9 Å². The molecule has 0 saturated carbocycles. The first-order valence-corrected chi connectivity index (χ1v) is 37.8. The SMILES string of the molecule is C=Cc1ccc(Oc2ccc(C3(c4ccc(F)cc4)c4ccccc4-c4ccc(N(c5ccc6c(c5)C5(c7ccccc7-6)c6ccccc6-c6ccc(N(c7ccc8c(c7)C(c7ccc(F)cc7)(c7ccc(Oc9ccc(C=C)cc9)cc7)c7ccccc7-8)c7c(F)cc(F)c(F)c7F)cc65)c5c(F)cc(F)c(F)c5F)cc43)cc2)cc1. The van der Waals surface area contributed by atoms with E-state index in [2.05, 4.69) is 13.2 Å². The minimum absolute atomic E-state index is 0.0642. The summed E-state index contributed by atoms with van der Waals surface area (Å²) in [5, 5.41) is 0. The van der Waals surface area contributed by atoms with Gasteiger partial charge in [-0.15, -0.1) is 0 Å². The standard InChI is InChI=1S/C103H60F10N2O2/c1-3-59-21-41-71(42-22-59)116-73-45-29-63(30-46-73)101(61-25-33-65(104)34-26-61)83-17-9-5-13-75(83)79-49-37-67(53-87(79)101)114(99-93(108)57-91(106)95(110)97(99)112)69-39-51-81-77-15-7-11-19-85(77)103(89(81)55-69)86-20-12-8-16-78(86)82-52-40-70(56-90(82)103)115(100-94(109)58-92(107)96(111)98(100)113)68-38-50-80-76-14-6-10-18-84(76)102(88(80)54-68,62-27-35-66(105)36-28-62)64-31-47-74(48-32-64)117-72-43-23-60(4-2)24-44-72/h3-58H,1-2H2. The molecule has 4 aliphatic rings. The van der Waals surface area contributed by atoms with Gasteiger partial charge in [0.1, 0.15) is 46.0 Å². The van der Waals surface area contributed by atoms with Gasteiger partial charge in [-0.1, -0.05) is 219 Å². The summed E-state index contributed by atoms with van der Waals surface area (Å²) < 4.78 is 179. The summed E-state index contributed by atoms with van der Waals surface area (Å²) in [6.07, 6.45) is 3.45. The largest absolute Gasteiger partial charge is 0.457 e. The van der Waals surface area contributed by atoms with Gasteiger partial charge < -0.3 is 19.3 Å². The van der Waals surface area contributed by atoms with Crippen LogP contribution in [0.4, 0.5) is 78.0 Å². The Balaban J connectivity index is 0.793. The first-order chi connectivity index (χ1) is 57.0. The minimum atomic E-state index is -1.94. The van der Waals surface area contributed by atoms with Crippen molar-refractivity contribution in [2.24, 2.45) is 0 Å². The molecule has 0 bridgehead atoms. The van der Waals surface area contributed by atoms with E-state index in [9.17, 15) is 0 Å². The molecule has 14 heteroatoms. The van der Waals surface area contributed by atoms with Crippen LogP contribution in [0.2, 0.25) is 0 Å². The van der Waals surface area contributed by atoms with E-state index in [-0.39, 0.29) is 22.7 Å². The topological polar surface area (TPSA) is 24.9 Å². The Morgan fingerprint density at radius 1 is 0.231 bits per heavy atom. The summed E-state index contributed by atoms with van der Waals surface area (Å²) in [6.45, 7) is 7.73. The van der Waals surface area contributed by atoms with Crippen LogP contribution in [0, 0.1) is 58.2 Å². The van der Waals surface area contributed by atoms with Gasteiger partial charge >= 0.3 is 0 Å². The zero-order chi connectivity index (χ0) is 79.9. The maximum absolute atomic E-state index is 17.7. The Labute approximate surface area is 666 Å². The molecular weight excluding hydrogens is 1490 g/mol. The highest BCUT2D eigenvalue weighted by molar-refractivity contribution is 5.99. The number of halogens is 10. The molecule has 0 radical (unpaired) electrons. The van der Waals surface area contributed by atoms with Gasteiger partial charge in [0.05, 0.1) is 16.2 Å². The lowest BCUT2D eigenvalue weighted by atomic mass is 9.67. The van der Waals surface area contributed by atoms with Gasteiger partial charge in [0.2, 0.25) is 0 Å². The highest BCUT2D eigenvalue weighted by atomic mass is 19.2. The van der Waals surface area contributed by atoms with Crippen molar-refractivity contribution >= 4 is 46.3 Å². The average molecular weight is 1550 g/mol. The fourth-order valence-electron chi connectivity index (χ4n) is 18.7. The van der Waals surface area contributed by atoms with Crippen LogP contribution in [0.5, 0.6) is 23.0 Å². The van der Waals surface area contributed by atoms with Gasteiger partial charge in [0, 0.05) is 34.9 Å². The number of hydrogen-bond acceptors (Lipinski definition) is 4. The maximum atomic E-state index is 17.7. The quantitative estimate of drug-likeness (QED) is 0.0547. The lowest BCUT2D eigenvalue weighted by Gasteiger charge is -2.36. The van der Waals surface area contributed by atoms with Crippen LogP contribution in [0.25, 0.3) is 56.7 Å². The molecule has 0 aromatic heterocycles. The summed E-state index contributed by atoms with van der Waals surface area (Å²) in [5.41, 5.74) is 9.49. The Morgan fingerprint density at radius 3 is 0.769 bits per heavy atom. The van der Waals surface area contributed by atoms with E-state index in [0.717, 1.165) is 44.5 Å². The number of ether oxygens (including phenoxy) is 2. The predicted molar refractivity (Wildman–Crippen MR) is 440 cm³/mol. The smallest absolute Gasteiger partial charge is 0.196 e. The molecule has 0 N–H and O–H groups in total. The van der Waals surface area contributed by atoms with E-state index in [4.69, 9.17) is 9.47 Å². The summed E-state index contributed by atoms with van der Waals surface area (Å²) >= 11 is 0. The third-order valence-electron chi connectivity index (χ3n) is 23.6. The summed E-state index contributed by atoms with van der Waals surface area (Å²) in [7, 11) is 0. The summed E-state index contributed by atoms with van der Waals surface area (Å²) in [4.78, 5) is 2.44. The van der Waals surface area contributed by atoms with Crippen LogP contribution in [0.1, 0.15) is 77.9 Å². The van der Waals surface area contributed by atoms with Crippen LogP contribution < -0.4 is 19.3 Å². The molecule has 16 aromatic rings. The van der Waals surface area contributed by atoms with Crippen molar-refractivity contribution in [3.05, 3.63) is 477 Å². The lowest BCUT2D eigenvalue weighted by molar-refractivity contribution is 0.436. The fourth-order valence-corrected chi connectivity index (χ4v) is 18.7. The molecule has 20 rings (SSSR count). The highest BCUT2D eigenvalue weighted by Gasteiger charge is 2.54. The molecule has 4 nitrogen and oxygen atoms in total. The summed E-state index contributed by atoms with van der Waals surface area (Å²) in [6, 6.07) is 94.0. The second kappa shape index (κ2) is 27.4. The van der Waals surface area contributed by atoms with Gasteiger partial charge in [0.25, 0.3) is 0 Å². The number of rotatable bonds is 16. The van der Waals surface area contributed by atoms with Crippen LogP contribution in [0.15, 0.2) is 341 Å². The van der Waals surface area contributed by atoms with Gasteiger partial charge in [-0.25, -0.2) is 43.9 Å². The number of benzene rings is 16. The Hall–Kier alpha value is -14.5. The molecule has 0 saturated heterocycles. The van der Waals surface area contributed by atoms with Gasteiger partial charge in [-0.2, -0.15) is 0 Å². The van der Waals surface area contributed by atoms with Crippen LogP contribution in [-0.2, 0) is 16.2 Å². The van der Waals surface area contributed by atoms with Crippen molar-refractivity contribution in [3.63, 3.8) is 0 Å². The monoisotopic (exact) mass is 1550 g/mol. The normalized spacial score (nSPS) is 15.9. The fraction of sp³-hybridized carbons (Fsp3) is 0.0291. The van der Waals surface area contributed by atoms with Crippen molar-refractivity contribution < 1.29 is 53.4 Å². The van der Waals surface area contributed by atoms with Gasteiger partial charge in [0.15, 0.2) is 46.5 Å². The molecule has 16 aromatic carbocycles. The van der Waals surface area contributed by atoms with E-state index in [0.29, 0.717) is 113 Å². The second-order valence-corrected chi connectivity index (χ2v) is 29.5. The molecule has 0 aliphatic heterocycles.